The molecule has 0 aliphatic heterocycles. The summed E-state index contributed by atoms with van der Waals surface area (Å²) in [7, 11) is -3.79. The highest BCUT2D eigenvalue weighted by Crippen LogP contribution is 2.33. The normalized spacial score (nSPS) is 11.3. The topological polar surface area (TPSA) is 101 Å². The van der Waals surface area contributed by atoms with Gasteiger partial charge in [-0.2, -0.15) is 5.10 Å². The third-order valence-corrected chi connectivity index (χ3v) is 4.56. The molecule has 0 unspecified atom stereocenters. The fourth-order valence-corrected chi connectivity index (χ4v) is 3.47. The van der Waals surface area contributed by atoms with Gasteiger partial charge in [-0.3, -0.25) is 9.82 Å². The van der Waals surface area contributed by atoms with E-state index in [1.807, 2.05) is 30.3 Å². The lowest BCUT2D eigenvalue weighted by Gasteiger charge is -2.13. The second-order valence-electron chi connectivity index (χ2n) is 4.66. The summed E-state index contributed by atoms with van der Waals surface area (Å²) < 4.78 is 27.7. The monoisotopic (exact) mass is 314 g/mol. The van der Waals surface area contributed by atoms with Crippen molar-refractivity contribution in [3.8, 4) is 11.1 Å². The van der Waals surface area contributed by atoms with Crippen LogP contribution >= 0.6 is 0 Å². The van der Waals surface area contributed by atoms with E-state index in [0.717, 1.165) is 5.56 Å². The van der Waals surface area contributed by atoms with Gasteiger partial charge in [0.05, 0.1) is 11.1 Å². The van der Waals surface area contributed by atoms with Crippen molar-refractivity contribution in [2.45, 2.75) is 4.90 Å². The molecule has 6 nitrogen and oxygen atoms in total. The van der Waals surface area contributed by atoms with Crippen LogP contribution in [-0.4, -0.2) is 18.6 Å². The molecule has 0 amide bonds. The molecule has 1 heterocycles. The Morgan fingerprint density at radius 1 is 1.00 bits per heavy atom. The third-order valence-electron chi connectivity index (χ3n) is 3.16. The molecule has 7 heteroatoms. The standard InChI is InChI=1S/C15H14N4O2S/c16-12-7-4-8-13(15(12)11-5-2-1-3-6-11)22(20,21)19-14-9-10-17-18-14/h1-10H,16H2,(H2,17,18,19). The van der Waals surface area contributed by atoms with Crippen LogP contribution in [0.4, 0.5) is 11.5 Å². The zero-order valence-electron chi connectivity index (χ0n) is 11.5. The molecule has 3 rings (SSSR count). The Bertz CT molecular complexity index is 875. The summed E-state index contributed by atoms with van der Waals surface area (Å²) in [6.07, 6.45) is 1.47. The Labute approximate surface area is 128 Å². The fourth-order valence-electron chi connectivity index (χ4n) is 2.20. The van der Waals surface area contributed by atoms with E-state index < -0.39 is 10.0 Å². The summed E-state index contributed by atoms with van der Waals surface area (Å²) in [4.78, 5) is 0.119. The van der Waals surface area contributed by atoms with Gasteiger partial charge in [0.15, 0.2) is 0 Å². The van der Waals surface area contributed by atoms with Crippen molar-refractivity contribution in [3.63, 3.8) is 0 Å². The molecule has 0 bridgehead atoms. The molecule has 0 fully saturated rings. The van der Waals surface area contributed by atoms with Gasteiger partial charge < -0.3 is 5.73 Å². The van der Waals surface area contributed by atoms with Gasteiger partial charge in [-0.1, -0.05) is 36.4 Å². The van der Waals surface area contributed by atoms with Crippen molar-refractivity contribution in [1.29, 1.82) is 0 Å². The maximum atomic E-state index is 12.6. The number of hydrogen-bond acceptors (Lipinski definition) is 4. The Morgan fingerprint density at radius 3 is 2.45 bits per heavy atom. The maximum Gasteiger partial charge on any atom is 0.263 e. The lowest BCUT2D eigenvalue weighted by molar-refractivity contribution is 0.601. The van der Waals surface area contributed by atoms with Gasteiger partial charge >= 0.3 is 0 Å². The van der Waals surface area contributed by atoms with Crippen LogP contribution in [0.3, 0.4) is 0 Å². The van der Waals surface area contributed by atoms with Gasteiger partial charge in [-0.05, 0) is 17.7 Å². The summed E-state index contributed by atoms with van der Waals surface area (Å²) in [5, 5.41) is 6.29. The average molecular weight is 314 g/mol. The second-order valence-corrected chi connectivity index (χ2v) is 6.31. The Kier molecular flexibility index (Phi) is 3.56. The van der Waals surface area contributed by atoms with Crippen LogP contribution in [-0.2, 0) is 10.0 Å². The van der Waals surface area contributed by atoms with Crippen LogP contribution in [0.1, 0.15) is 0 Å². The zero-order chi connectivity index (χ0) is 15.6. The summed E-state index contributed by atoms with van der Waals surface area (Å²) >= 11 is 0. The van der Waals surface area contributed by atoms with Crippen molar-refractivity contribution in [1.82, 2.24) is 10.2 Å². The van der Waals surface area contributed by atoms with Crippen LogP contribution in [0, 0.1) is 0 Å². The Hall–Kier alpha value is -2.80. The number of H-pyrrole nitrogens is 1. The number of aromatic nitrogens is 2. The van der Waals surface area contributed by atoms with E-state index in [-0.39, 0.29) is 4.90 Å². The molecule has 0 aliphatic rings. The van der Waals surface area contributed by atoms with E-state index in [0.29, 0.717) is 17.1 Å². The maximum absolute atomic E-state index is 12.6. The highest BCUT2D eigenvalue weighted by Gasteiger charge is 2.21. The molecule has 4 N–H and O–H groups in total. The Morgan fingerprint density at radius 2 is 1.77 bits per heavy atom. The van der Waals surface area contributed by atoms with Crippen LogP contribution in [0.5, 0.6) is 0 Å². The van der Waals surface area contributed by atoms with E-state index >= 15 is 0 Å². The van der Waals surface area contributed by atoms with Crippen molar-refractivity contribution in [2.75, 3.05) is 10.5 Å². The number of nitrogens with two attached hydrogens (primary N) is 1. The fraction of sp³-hybridized carbons (Fsp3) is 0. The SMILES string of the molecule is Nc1cccc(S(=O)(=O)Nc2ccn[nH]2)c1-c1ccccc1. The highest BCUT2D eigenvalue weighted by atomic mass is 32.2. The van der Waals surface area contributed by atoms with Gasteiger partial charge in [0.25, 0.3) is 10.0 Å². The average Bonchev–Trinajstić information content (AvgIpc) is 3.00. The predicted octanol–water partition coefficient (Wildman–Crippen LogP) is 2.46. The van der Waals surface area contributed by atoms with Crippen LogP contribution in [0.2, 0.25) is 0 Å². The van der Waals surface area contributed by atoms with Gasteiger partial charge in [0.1, 0.15) is 5.82 Å². The second kappa shape index (κ2) is 5.53. The summed E-state index contributed by atoms with van der Waals surface area (Å²) in [5.41, 5.74) is 7.64. The number of anilines is 2. The predicted molar refractivity (Wildman–Crippen MR) is 85.7 cm³/mol. The lowest BCUT2D eigenvalue weighted by Crippen LogP contribution is -2.15. The number of nitrogens with one attached hydrogen (secondary N) is 2. The van der Waals surface area contributed by atoms with Crippen molar-refractivity contribution in [2.24, 2.45) is 0 Å². The molecule has 1 aromatic heterocycles. The molecule has 112 valence electrons. The third kappa shape index (κ3) is 2.66. The first-order valence-corrected chi connectivity index (χ1v) is 8.02. The van der Waals surface area contributed by atoms with E-state index in [2.05, 4.69) is 14.9 Å². The molecule has 0 saturated heterocycles. The Balaban J connectivity index is 2.14. The highest BCUT2D eigenvalue weighted by molar-refractivity contribution is 7.92. The molecule has 0 aliphatic carbocycles. The van der Waals surface area contributed by atoms with Crippen molar-refractivity contribution in [3.05, 3.63) is 60.8 Å². The van der Waals surface area contributed by atoms with Crippen LogP contribution in [0.15, 0.2) is 65.7 Å². The number of hydrogen-bond donors (Lipinski definition) is 3. The van der Waals surface area contributed by atoms with Crippen molar-refractivity contribution < 1.29 is 8.42 Å². The smallest absolute Gasteiger partial charge is 0.263 e. The van der Waals surface area contributed by atoms with Crippen LogP contribution in [0.25, 0.3) is 11.1 Å². The first-order chi connectivity index (χ1) is 10.6. The molecule has 0 spiro atoms. The number of sulfonamides is 1. The molecule has 0 radical (unpaired) electrons. The lowest BCUT2D eigenvalue weighted by atomic mass is 10.0. The molecule has 3 aromatic rings. The van der Waals surface area contributed by atoms with Gasteiger partial charge in [0.2, 0.25) is 0 Å². The first-order valence-electron chi connectivity index (χ1n) is 6.54. The summed E-state index contributed by atoms with van der Waals surface area (Å²) in [6.45, 7) is 0. The minimum atomic E-state index is -3.79. The number of nitrogen functional groups attached to an aromatic ring is 1. The van der Waals surface area contributed by atoms with E-state index in [1.165, 1.54) is 18.3 Å². The molecule has 0 saturated carbocycles. The summed E-state index contributed by atoms with van der Waals surface area (Å²) in [5.74, 6) is 0.293. The molecule has 22 heavy (non-hydrogen) atoms. The molecular formula is C15H14N4O2S. The number of aromatic amines is 1. The largest absolute Gasteiger partial charge is 0.398 e. The number of rotatable bonds is 4. The molecule has 2 aromatic carbocycles. The first kappa shape index (κ1) is 14.2. The van der Waals surface area contributed by atoms with Crippen LogP contribution < -0.4 is 10.5 Å². The van der Waals surface area contributed by atoms with E-state index in [1.54, 1.807) is 12.1 Å². The van der Waals surface area contributed by atoms with Gasteiger partial charge in [-0.15, -0.1) is 0 Å². The minimum absolute atomic E-state index is 0.119. The quantitative estimate of drug-likeness (QED) is 0.644. The molecular weight excluding hydrogens is 300 g/mol. The van der Waals surface area contributed by atoms with E-state index in [4.69, 9.17) is 5.73 Å². The zero-order valence-corrected chi connectivity index (χ0v) is 12.3. The van der Waals surface area contributed by atoms with E-state index in [9.17, 15) is 8.42 Å². The summed E-state index contributed by atoms with van der Waals surface area (Å²) in [6, 6.07) is 15.5. The number of nitrogens with zero attached hydrogens (tertiary/aromatic N) is 1. The van der Waals surface area contributed by atoms with Gasteiger partial charge in [0, 0.05) is 17.3 Å². The molecule has 0 atom stereocenters. The number of benzene rings is 2. The van der Waals surface area contributed by atoms with Gasteiger partial charge in [-0.25, -0.2) is 8.42 Å². The minimum Gasteiger partial charge on any atom is -0.398 e. The van der Waals surface area contributed by atoms with Crippen molar-refractivity contribution >= 4 is 21.5 Å².